The predicted octanol–water partition coefficient (Wildman–Crippen LogP) is 2.35. The van der Waals surface area contributed by atoms with Gasteiger partial charge in [-0.05, 0) is 18.9 Å². The van der Waals surface area contributed by atoms with Crippen LogP contribution in [0.5, 0.6) is 0 Å². The highest BCUT2D eigenvalue weighted by atomic mass is 127. The lowest BCUT2D eigenvalue weighted by Gasteiger charge is -2.40. The molecule has 0 amide bonds. The van der Waals surface area contributed by atoms with Crippen molar-refractivity contribution in [2.75, 3.05) is 46.8 Å². The number of likely N-dealkylation sites (N-methyl/N-ethyl adjacent to an activating group) is 1. The van der Waals surface area contributed by atoms with E-state index in [9.17, 15) is 0 Å². The van der Waals surface area contributed by atoms with Crippen LogP contribution in [0.2, 0.25) is 0 Å². The summed E-state index contributed by atoms with van der Waals surface area (Å²) in [6.45, 7) is 14.8. The number of halogens is 1. The molecule has 2 rings (SSSR count). The molecule has 1 fully saturated rings. The van der Waals surface area contributed by atoms with Crippen molar-refractivity contribution in [3.63, 3.8) is 0 Å². The third kappa shape index (κ3) is 7.57. The number of nitrogens with zero attached hydrogens (tertiary/aromatic N) is 4. The Balaban J connectivity index is 0.00000364. The Morgan fingerprint density at radius 1 is 1.19 bits per heavy atom. The zero-order chi connectivity index (χ0) is 19.1. The van der Waals surface area contributed by atoms with Gasteiger partial charge in [-0.3, -0.25) is 9.89 Å². The molecule has 27 heavy (non-hydrogen) atoms. The van der Waals surface area contributed by atoms with Crippen molar-refractivity contribution in [3.8, 4) is 0 Å². The maximum Gasteiger partial charge on any atom is 0.191 e. The highest BCUT2D eigenvalue weighted by Gasteiger charge is 2.25. The molecule has 0 spiro atoms. The van der Waals surface area contributed by atoms with Crippen LogP contribution in [0.25, 0.3) is 0 Å². The molecule has 1 aromatic heterocycles. The SMILES string of the molecule is CN=C(NCc1cc(C(C)C)no1)NCC(C(C)C)N1CCN(C)CC1.I. The van der Waals surface area contributed by atoms with Gasteiger partial charge in [-0.2, -0.15) is 0 Å². The molecule has 7 nitrogen and oxygen atoms in total. The topological polar surface area (TPSA) is 68.9 Å². The van der Waals surface area contributed by atoms with Crippen LogP contribution in [0.4, 0.5) is 0 Å². The summed E-state index contributed by atoms with van der Waals surface area (Å²) in [7, 11) is 4.00. The molecule has 1 aromatic rings. The van der Waals surface area contributed by atoms with E-state index in [2.05, 4.69) is 65.3 Å². The number of piperazine rings is 1. The van der Waals surface area contributed by atoms with Gasteiger partial charge in [0.25, 0.3) is 0 Å². The third-order valence-electron chi connectivity index (χ3n) is 5.08. The molecule has 156 valence electrons. The molecule has 1 saturated heterocycles. The van der Waals surface area contributed by atoms with E-state index in [1.807, 2.05) is 6.07 Å². The van der Waals surface area contributed by atoms with E-state index in [1.165, 1.54) is 0 Å². The third-order valence-corrected chi connectivity index (χ3v) is 5.08. The minimum absolute atomic E-state index is 0. The fourth-order valence-corrected chi connectivity index (χ4v) is 3.22. The average Bonchev–Trinajstić information content (AvgIpc) is 3.08. The Kier molecular flexibility index (Phi) is 10.6. The second-order valence-electron chi connectivity index (χ2n) is 7.83. The smallest absolute Gasteiger partial charge is 0.191 e. The van der Waals surface area contributed by atoms with Crippen LogP contribution in [-0.4, -0.2) is 73.8 Å². The van der Waals surface area contributed by atoms with E-state index < -0.39 is 0 Å². The van der Waals surface area contributed by atoms with Crippen LogP contribution < -0.4 is 10.6 Å². The van der Waals surface area contributed by atoms with Gasteiger partial charge in [-0.1, -0.05) is 32.9 Å². The largest absolute Gasteiger partial charge is 0.359 e. The zero-order valence-corrected chi connectivity index (χ0v) is 20.0. The van der Waals surface area contributed by atoms with Crippen LogP contribution in [0.15, 0.2) is 15.6 Å². The van der Waals surface area contributed by atoms with Gasteiger partial charge in [0, 0.05) is 51.9 Å². The first kappa shape index (κ1) is 24.2. The van der Waals surface area contributed by atoms with Crippen LogP contribution >= 0.6 is 24.0 Å². The molecule has 1 atom stereocenters. The number of nitrogens with one attached hydrogen (secondary N) is 2. The van der Waals surface area contributed by atoms with E-state index >= 15 is 0 Å². The second-order valence-corrected chi connectivity index (χ2v) is 7.83. The van der Waals surface area contributed by atoms with Crippen molar-refractivity contribution in [2.24, 2.45) is 10.9 Å². The highest BCUT2D eigenvalue weighted by Crippen LogP contribution is 2.14. The molecule has 0 saturated carbocycles. The average molecular weight is 492 g/mol. The lowest BCUT2D eigenvalue weighted by Crippen LogP contribution is -2.55. The number of aliphatic imine (C=N–C) groups is 1. The molecule has 0 bridgehead atoms. The van der Waals surface area contributed by atoms with E-state index in [-0.39, 0.29) is 24.0 Å². The van der Waals surface area contributed by atoms with Gasteiger partial charge in [0.05, 0.1) is 12.2 Å². The summed E-state index contributed by atoms with van der Waals surface area (Å²) in [5.74, 6) is 2.59. The van der Waals surface area contributed by atoms with Crippen molar-refractivity contribution >= 4 is 29.9 Å². The van der Waals surface area contributed by atoms with Crippen molar-refractivity contribution in [1.29, 1.82) is 0 Å². The number of hydrogen-bond donors (Lipinski definition) is 2. The van der Waals surface area contributed by atoms with Crippen LogP contribution in [0.1, 0.15) is 45.1 Å². The first-order valence-corrected chi connectivity index (χ1v) is 9.73. The Hall–Kier alpha value is -0.870. The monoisotopic (exact) mass is 492 g/mol. The molecule has 1 aliphatic heterocycles. The molecule has 1 unspecified atom stereocenters. The molecule has 2 heterocycles. The molecule has 1 aliphatic rings. The van der Waals surface area contributed by atoms with E-state index in [0.717, 1.165) is 50.1 Å². The number of guanidine groups is 1. The van der Waals surface area contributed by atoms with Crippen molar-refractivity contribution < 1.29 is 4.52 Å². The fourth-order valence-electron chi connectivity index (χ4n) is 3.22. The molecular formula is C19H37IN6O. The van der Waals surface area contributed by atoms with Crippen molar-refractivity contribution in [3.05, 3.63) is 17.5 Å². The second kappa shape index (κ2) is 11.9. The summed E-state index contributed by atoms with van der Waals surface area (Å²) in [4.78, 5) is 9.33. The maximum absolute atomic E-state index is 5.38. The van der Waals surface area contributed by atoms with Gasteiger partial charge >= 0.3 is 0 Å². The van der Waals surface area contributed by atoms with Gasteiger partial charge < -0.3 is 20.1 Å². The molecule has 8 heteroatoms. The van der Waals surface area contributed by atoms with Gasteiger partial charge in [-0.25, -0.2) is 0 Å². The summed E-state index contributed by atoms with van der Waals surface area (Å²) >= 11 is 0. The summed E-state index contributed by atoms with van der Waals surface area (Å²) in [5.41, 5.74) is 0.986. The molecule has 0 aliphatic carbocycles. The Morgan fingerprint density at radius 2 is 1.85 bits per heavy atom. The number of hydrogen-bond acceptors (Lipinski definition) is 5. The lowest BCUT2D eigenvalue weighted by atomic mass is 10.0. The summed E-state index contributed by atoms with van der Waals surface area (Å²) in [6.07, 6.45) is 0. The zero-order valence-electron chi connectivity index (χ0n) is 17.7. The van der Waals surface area contributed by atoms with Crippen LogP contribution in [0, 0.1) is 5.92 Å². The Labute approximate surface area is 181 Å². The Bertz CT molecular complexity index is 566. The maximum atomic E-state index is 5.38. The van der Waals surface area contributed by atoms with E-state index in [1.54, 1.807) is 7.05 Å². The quantitative estimate of drug-likeness (QED) is 0.346. The van der Waals surface area contributed by atoms with Gasteiger partial charge in [-0.15, -0.1) is 24.0 Å². The van der Waals surface area contributed by atoms with Crippen molar-refractivity contribution in [2.45, 2.75) is 46.2 Å². The van der Waals surface area contributed by atoms with E-state index in [0.29, 0.717) is 24.4 Å². The summed E-state index contributed by atoms with van der Waals surface area (Å²) in [6, 6.07) is 2.51. The number of rotatable bonds is 7. The summed E-state index contributed by atoms with van der Waals surface area (Å²) < 4.78 is 5.38. The fraction of sp³-hybridized carbons (Fsp3) is 0.789. The van der Waals surface area contributed by atoms with Crippen molar-refractivity contribution in [1.82, 2.24) is 25.6 Å². The predicted molar refractivity (Wildman–Crippen MR) is 122 cm³/mol. The highest BCUT2D eigenvalue weighted by molar-refractivity contribution is 14.0. The normalized spacial score (nSPS) is 17.9. The molecule has 0 radical (unpaired) electrons. The minimum atomic E-state index is 0. The van der Waals surface area contributed by atoms with E-state index in [4.69, 9.17) is 4.52 Å². The molecule has 2 N–H and O–H groups in total. The van der Waals surface area contributed by atoms with Crippen LogP contribution in [0.3, 0.4) is 0 Å². The standard InChI is InChI=1S/C19H36N6O.HI/c1-14(2)17-11-16(26-23-17)12-21-19(20-5)22-13-18(15(3)4)25-9-7-24(6)8-10-25;/h11,14-15,18H,7-10,12-13H2,1-6H3,(H2,20,21,22);1H. The molecule has 0 aromatic carbocycles. The number of aromatic nitrogens is 1. The Morgan fingerprint density at radius 3 is 2.37 bits per heavy atom. The van der Waals surface area contributed by atoms with Crippen LogP contribution in [-0.2, 0) is 6.54 Å². The van der Waals surface area contributed by atoms with Gasteiger partial charge in [0.2, 0.25) is 0 Å². The van der Waals surface area contributed by atoms with Gasteiger partial charge in [0.1, 0.15) is 0 Å². The minimum Gasteiger partial charge on any atom is -0.359 e. The first-order chi connectivity index (χ1) is 12.4. The first-order valence-electron chi connectivity index (χ1n) is 9.73. The van der Waals surface area contributed by atoms with Gasteiger partial charge in [0.15, 0.2) is 11.7 Å². The lowest BCUT2D eigenvalue weighted by molar-refractivity contribution is 0.0900. The summed E-state index contributed by atoms with van der Waals surface area (Å²) in [5, 5.41) is 10.9. The molecular weight excluding hydrogens is 455 g/mol.